The number of hydrogen-bond donors (Lipinski definition) is 1. The van der Waals surface area contributed by atoms with Crippen LogP contribution in [-0.2, 0) is 11.2 Å². The fraction of sp³-hybridized carbons (Fsp3) is 0.538. The first-order valence-electron chi connectivity index (χ1n) is 5.84. The van der Waals surface area contributed by atoms with E-state index in [1.165, 1.54) is 0 Å². The Morgan fingerprint density at radius 2 is 2.00 bits per heavy atom. The number of rotatable bonds is 3. The molecule has 1 aliphatic rings. The lowest BCUT2D eigenvalue weighted by molar-refractivity contribution is 0.0585. The first kappa shape index (κ1) is 11.9. The molecule has 2 rings (SSSR count). The summed E-state index contributed by atoms with van der Waals surface area (Å²) in [5.41, 5.74) is 7.39. The monoisotopic (exact) mass is 239 g/mol. The van der Waals surface area contributed by atoms with Gasteiger partial charge in [-0.25, -0.2) is 0 Å². The summed E-state index contributed by atoms with van der Waals surface area (Å²) in [6, 6.07) is 8.14. The van der Waals surface area contributed by atoms with Crippen LogP contribution in [-0.4, -0.2) is 19.3 Å². The molecular weight excluding hydrogens is 222 g/mol. The van der Waals surface area contributed by atoms with Crippen LogP contribution in [0.4, 0.5) is 0 Å². The summed E-state index contributed by atoms with van der Waals surface area (Å²) in [6.45, 7) is 1.70. The fourth-order valence-corrected chi connectivity index (χ4v) is 2.44. The lowest BCUT2D eigenvalue weighted by Gasteiger charge is -2.27. The predicted octanol–water partition coefficient (Wildman–Crippen LogP) is 2.64. The Morgan fingerprint density at radius 3 is 2.69 bits per heavy atom. The normalized spacial score (nSPS) is 19.6. The van der Waals surface area contributed by atoms with Gasteiger partial charge in [-0.2, -0.15) is 0 Å². The number of ether oxygens (including phenoxy) is 1. The summed E-state index contributed by atoms with van der Waals surface area (Å²) >= 11 is 6.13. The second kappa shape index (κ2) is 5.67. The SMILES string of the molecule is NC(Cc1ccccc1Cl)C1CCOCC1. The quantitative estimate of drug-likeness (QED) is 0.880. The molecule has 3 heteroatoms. The zero-order valence-corrected chi connectivity index (χ0v) is 10.1. The first-order chi connectivity index (χ1) is 7.77. The van der Waals surface area contributed by atoms with Crippen molar-refractivity contribution in [3.63, 3.8) is 0 Å². The molecule has 0 amide bonds. The zero-order valence-electron chi connectivity index (χ0n) is 9.36. The van der Waals surface area contributed by atoms with Gasteiger partial charge in [0.1, 0.15) is 0 Å². The molecule has 1 unspecified atom stereocenters. The molecule has 0 spiro atoms. The molecule has 1 heterocycles. The second-order valence-electron chi connectivity index (χ2n) is 4.41. The van der Waals surface area contributed by atoms with Crippen molar-refractivity contribution in [2.75, 3.05) is 13.2 Å². The molecule has 1 aliphatic heterocycles. The van der Waals surface area contributed by atoms with E-state index in [2.05, 4.69) is 6.07 Å². The van der Waals surface area contributed by atoms with E-state index in [0.29, 0.717) is 5.92 Å². The van der Waals surface area contributed by atoms with Gasteiger partial charge in [0.15, 0.2) is 0 Å². The molecular formula is C13H18ClNO. The summed E-state index contributed by atoms with van der Waals surface area (Å²) in [4.78, 5) is 0. The molecule has 1 saturated heterocycles. The maximum absolute atomic E-state index is 6.24. The van der Waals surface area contributed by atoms with E-state index in [4.69, 9.17) is 22.1 Å². The van der Waals surface area contributed by atoms with Crippen molar-refractivity contribution < 1.29 is 4.74 Å². The average Bonchev–Trinajstić information content (AvgIpc) is 2.33. The Morgan fingerprint density at radius 1 is 1.31 bits per heavy atom. The number of benzene rings is 1. The Balaban J connectivity index is 1.96. The van der Waals surface area contributed by atoms with Crippen LogP contribution < -0.4 is 5.73 Å². The molecule has 1 fully saturated rings. The molecule has 0 bridgehead atoms. The van der Waals surface area contributed by atoms with E-state index in [9.17, 15) is 0 Å². The molecule has 0 radical (unpaired) electrons. The van der Waals surface area contributed by atoms with Gasteiger partial charge in [0.2, 0.25) is 0 Å². The van der Waals surface area contributed by atoms with Gasteiger partial charge < -0.3 is 10.5 Å². The van der Waals surface area contributed by atoms with Gasteiger partial charge in [-0.1, -0.05) is 29.8 Å². The van der Waals surface area contributed by atoms with Gasteiger partial charge in [0, 0.05) is 24.3 Å². The minimum atomic E-state index is 0.198. The zero-order chi connectivity index (χ0) is 11.4. The minimum Gasteiger partial charge on any atom is -0.381 e. The summed E-state index contributed by atoms with van der Waals surface area (Å²) < 4.78 is 5.34. The Bertz CT molecular complexity index is 336. The van der Waals surface area contributed by atoms with Crippen LogP contribution in [0.2, 0.25) is 5.02 Å². The van der Waals surface area contributed by atoms with Crippen molar-refractivity contribution in [2.24, 2.45) is 11.7 Å². The van der Waals surface area contributed by atoms with E-state index < -0.39 is 0 Å². The van der Waals surface area contributed by atoms with Crippen molar-refractivity contribution >= 4 is 11.6 Å². The second-order valence-corrected chi connectivity index (χ2v) is 4.82. The first-order valence-corrected chi connectivity index (χ1v) is 6.22. The third kappa shape index (κ3) is 2.97. The van der Waals surface area contributed by atoms with Gasteiger partial charge in [0.05, 0.1) is 0 Å². The summed E-state index contributed by atoms with van der Waals surface area (Å²) in [5.74, 6) is 0.574. The summed E-state index contributed by atoms with van der Waals surface area (Å²) in [7, 11) is 0. The summed E-state index contributed by atoms with van der Waals surface area (Å²) in [6.07, 6.45) is 3.02. The van der Waals surface area contributed by atoms with Gasteiger partial charge in [-0.3, -0.25) is 0 Å². The Kier molecular flexibility index (Phi) is 4.22. The van der Waals surface area contributed by atoms with Crippen LogP contribution in [0.3, 0.4) is 0 Å². The number of nitrogens with two attached hydrogens (primary N) is 1. The van der Waals surface area contributed by atoms with Crippen molar-refractivity contribution in [2.45, 2.75) is 25.3 Å². The Labute approximate surface area is 102 Å². The smallest absolute Gasteiger partial charge is 0.0469 e. The lowest BCUT2D eigenvalue weighted by atomic mass is 9.88. The van der Waals surface area contributed by atoms with Crippen LogP contribution in [0.25, 0.3) is 0 Å². The van der Waals surface area contributed by atoms with Gasteiger partial charge in [-0.15, -0.1) is 0 Å². The van der Waals surface area contributed by atoms with Crippen LogP contribution in [0.1, 0.15) is 18.4 Å². The number of hydrogen-bond acceptors (Lipinski definition) is 2. The van der Waals surface area contributed by atoms with Crippen LogP contribution >= 0.6 is 11.6 Å². The minimum absolute atomic E-state index is 0.198. The third-order valence-electron chi connectivity index (χ3n) is 3.28. The highest BCUT2D eigenvalue weighted by Crippen LogP contribution is 2.23. The van der Waals surface area contributed by atoms with Gasteiger partial charge in [0.25, 0.3) is 0 Å². The fourth-order valence-electron chi connectivity index (χ4n) is 2.23. The molecule has 16 heavy (non-hydrogen) atoms. The summed E-state index contributed by atoms with van der Waals surface area (Å²) in [5, 5.41) is 0.824. The topological polar surface area (TPSA) is 35.2 Å². The van der Waals surface area contributed by atoms with Crippen molar-refractivity contribution in [3.8, 4) is 0 Å². The van der Waals surface area contributed by atoms with E-state index in [1.54, 1.807) is 0 Å². The molecule has 1 aromatic rings. The molecule has 2 nitrogen and oxygen atoms in total. The van der Waals surface area contributed by atoms with E-state index >= 15 is 0 Å². The van der Waals surface area contributed by atoms with Gasteiger partial charge >= 0.3 is 0 Å². The average molecular weight is 240 g/mol. The largest absolute Gasteiger partial charge is 0.381 e. The third-order valence-corrected chi connectivity index (χ3v) is 3.65. The highest BCUT2D eigenvalue weighted by molar-refractivity contribution is 6.31. The van der Waals surface area contributed by atoms with Crippen molar-refractivity contribution in [3.05, 3.63) is 34.9 Å². The molecule has 0 aromatic heterocycles. The van der Waals surface area contributed by atoms with Gasteiger partial charge in [-0.05, 0) is 36.8 Å². The van der Waals surface area contributed by atoms with Crippen molar-refractivity contribution in [1.29, 1.82) is 0 Å². The molecule has 0 saturated carbocycles. The highest BCUT2D eigenvalue weighted by Gasteiger charge is 2.21. The standard InChI is InChI=1S/C13H18ClNO/c14-12-4-2-1-3-11(12)9-13(15)10-5-7-16-8-6-10/h1-4,10,13H,5-9,15H2. The van der Waals surface area contributed by atoms with Crippen LogP contribution in [0, 0.1) is 5.92 Å². The van der Waals surface area contributed by atoms with Crippen LogP contribution in [0.15, 0.2) is 24.3 Å². The van der Waals surface area contributed by atoms with Crippen LogP contribution in [0.5, 0.6) is 0 Å². The molecule has 0 aliphatic carbocycles. The maximum atomic E-state index is 6.24. The molecule has 88 valence electrons. The highest BCUT2D eigenvalue weighted by atomic mass is 35.5. The van der Waals surface area contributed by atoms with E-state index in [0.717, 1.165) is 43.1 Å². The maximum Gasteiger partial charge on any atom is 0.0469 e. The number of halogens is 1. The van der Waals surface area contributed by atoms with Crippen molar-refractivity contribution in [1.82, 2.24) is 0 Å². The lowest BCUT2D eigenvalue weighted by Crippen LogP contribution is -2.36. The molecule has 1 atom stereocenters. The molecule has 1 aromatic carbocycles. The van der Waals surface area contributed by atoms with E-state index in [-0.39, 0.29) is 6.04 Å². The Hall–Kier alpha value is -0.570. The molecule has 2 N–H and O–H groups in total. The predicted molar refractivity (Wildman–Crippen MR) is 66.7 cm³/mol. The van der Waals surface area contributed by atoms with E-state index in [1.807, 2.05) is 18.2 Å².